The topological polar surface area (TPSA) is 91.8 Å². The van der Waals surface area contributed by atoms with Crippen molar-refractivity contribution in [3.63, 3.8) is 0 Å². The number of nitrogens with one attached hydrogen (secondary N) is 1. The van der Waals surface area contributed by atoms with Crippen molar-refractivity contribution in [2.24, 2.45) is 0 Å². The number of nitrogens with zero attached hydrogens (tertiary/aromatic N) is 3. The molecule has 0 aliphatic carbocycles. The van der Waals surface area contributed by atoms with E-state index in [1.165, 1.54) is 9.80 Å². The van der Waals surface area contributed by atoms with Crippen molar-refractivity contribution in [2.45, 2.75) is 38.1 Å². The maximum Gasteiger partial charge on any atom is 0.256 e. The predicted octanol–water partition coefficient (Wildman–Crippen LogP) is 3.46. The lowest BCUT2D eigenvalue weighted by Crippen LogP contribution is -2.59. The van der Waals surface area contributed by atoms with Gasteiger partial charge in [-0.05, 0) is 43.3 Å². The van der Waals surface area contributed by atoms with Gasteiger partial charge < -0.3 is 15.0 Å². The van der Waals surface area contributed by atoms with Gasteiger partial charge in [0.25, 0.3) is 11.8 Å². The van der Waals surface area contributed by atoms with Gasteiger partial charge >= 0.3 is 0 Å². The Morgan fingerprint density at radius 2 is 1.82 bits per heavy atom. The smallest absolute Gasteiger partial charge is 0.256 e. The molecule has 2 fully saturated rings. The van der Waals surface area contributed by atoms with E-state index in [9.17, 15) is 23.2 Å². The first-order valence-corrected chi connectivity index (χ1v) is 12.7. The zero-order valence-corrected chi connectivity index (χ0v) is 21.4. The molecule has 0 unspecified atom stereocenters. The third kappa shape index (κ3) is 5.37. The highest BCUT2D eigenvalue weighted by molar-refractivity contribution is 5.99. The number of carbonyl (C=O) groups is 3. The van der Waals surface area contributed by atoms with Gasteiger partial charge in [0.1, 0.15) is 23.4 Å². The predicted molar refractivity (Wildman–Crippen MR) is 137 cm³/mol. The monoisotopic (exact) mass is 534 g/mol. The van der Waals surface area contributed by atoms with Crippen molar-refractivity contribution in [3.05, 3.63) is 101 Å². The first-order chi connectivity index (χ1) is 18.8. The Bertz CT molecular complexity index is 1390. The number of likely N-dealkylation sites (tertiary alicyclic amines) is 1. The molecular formula is C29H28F2N4O4. The van der Waals surface area contributed by atoms with E-state index in [4.69, 9.17) is 4.74 Å². The van der Waals surface area contributed by atoms with E-state index in [0.717, 1.165) is 17.7 Å². The number of hydrogen-bond donors (Lipinski definition) is 1. The first-order valence-electron chi connectivity index (χ1n) is 12.7. The number of aryl methyl sites for hydroxylation is 1. The summed E-state index contributed by atoms with van der Waals surface area (Å²) in [6.07, 6.45) is 2.09. The summed E-state index contributed by atoms with van der Waals surface area (Å²) in [5.74, 6) is -2.98. The lowest BCUT2D eigenvalue weighted by Gasteiger charge is -2.44. The maximum absolute atomic E-state index is 14.3. The zero-order valence-electron chi connectivity index (χ0n) is 21.4. The molecule has 1 N–H and O–H groups in total. The average molecular weight is 535 g/mol. The number of pyridine rings is 1. The third-order valence-electron chi connectivity index (χ3n) is 7.21. The number of amides is 3. The van der Waals surface area contributed by atoms with Crippen LogP contribution in [0.1, 0.15) is 44.8 Å². The second-order valence-electron chi connectivity index (χ2n) is 9.77. The summed E-state index contributed by atoms with van der Waals surface area (Å²) in [6, 6.07) is 14.5. The van der Waals surface area contributed by atoms with Crippen molar-refractivity contribution in [1.82, 2.24) is 20.1 Å². The van der Waals surface area contributed by atoms with Crippen LogP contribution in [0.2, 0.25) is 0 Å². The number of piperidine rings is 1. The molecule has 1 atom stereocenters. The fraction of sp³-hybridized carbons (Fsp3) is 0.310. The summed E-state index contributed by atoms with van der Waals surface area (Å²) < 4.78 is 33.8. The van der Waals surface area contributed by atoms with Gasteiger partial charge in [-0.25, -0.2) is 8.78 Å². The second kappa shape index (κ2) is 10.9. The summed E-state index contributed by atoms with van der Waals surface area (Å²) in [6.45, 7) is 2.39. The van der Waals surface area contributed by atoms with Gasteiger partial charge in [-0.15, -0.1) is 0 Å². The van der Waals surface area contributed by atoms with Gasteiger partial charge in [0.2, 0.25) is 5.91 Å². The Balaban J connectivity index is 1.37. The van der Waals surface area contributed by atoms with Gasteiger partial charge in [0.05, 0.1) is 24.4 Å². The fourth-order valence-corrected chi connectivity index (χ4v) is 5.17. The van der Waals surface area contributed by atoms with Gasteiger partial charge in [-0.1, -0.05) is 23.8 Å². The van der Waals surface area contributed by atoms with Crippen molar-refractivity contribution in [1.29, 1.82) is 0 Å². The Morgan fingerprint density at radius 3 is 2.51 bits per heavy atom. The lowest BCUT2D eigenvalue weighted by atomic mass is 9.95. The number of halogens is 2. The molecule has 0 saturated carbocycles. The normalized spacial score (nSPS) is 18.3. The van der Waals surface area contributed by atoms with Crippen molar-refractivity contribution in [3.8, 4) is 0 Å². The van der Waals surface area contributed by atoms with Crippen LogP contribution in [0, 0.1) is 18.6 Å². The highest BCUT2D eigenvalue weighted by Gasteiger charge is 2.54. The molecular weight excluding hydrogens is 506 g/mol. The van der Waals surface area contributed by atoms with Gasteiger partial charge in [0.15, 0.2) is 0 Å². The van der Waals surface area contributed by atoms with Crippen LogP contribution in [0.15, 0.2) is 66.9 Å². The van der Waals surface area contributed by atoms with E-state index >= 15 is 0 Å². The summed E-state index contributed by atoms with van der Waals surface area (Å²) >= 11 is 0. The lowest BCUT2D eigenvalue weighted by molar-refractivity contribution is -0.128. The van der Waals surface area contributed by atoms with Crippen molar-refractivity contribution < 1.29 is 27.9 Å². The molecule has 3 amide bonds. The SMILES string of the molecule is Cc1cccc(C(=O)N2[C@@H](C(=O)NCc3ccccn3)COC23CCN(C(=O)c2ccc(F)cc2F)CC3)c1. The van der Waals surface area contributed by atoms with Crippen LogP contribution in [0.5, 0.6) is 0 Å². The van der Waals surface area contributed by atoms with Crippen molar-refractivity contribution in [2.75, 3.05) is 19.7 Å². The van der Waals surface area contributed by atoms with E-state index in [2.05, 4.69) is 10.3 Å². The summed E-state index contributed by atoms with van der Waals surface area (Å²) in [5.41, 5.74) is 0.656. The molecule has 0 radical (unpaired) electrons. The third-order valence-corrected chi connectivity index (χ3v) is 7.21. The van der Waals surface area contributed by atoms with E-state index in [-0.39, 0.29) is 56.5 Å². The Morgan fingerprint density at radius 1 is 1.03 bits per heavy atom. The number of aromatic nitrogens is 1. The summed E-state index contributed by atoms with van der Waals surface area (Å²) in [5, 5.41) is 2.86. The number of carbonyl (C=O) groups excluding carboxylic acids is 3. The van der Waals surface area contributed by atoms with Crippen LogP contribution in [-0.2, 0) is 16.1 Å². The van der Waals surface area contributed by atoms with E-state index < -0.39 is 29.3 Å². The molecule has 202 valence electrons. The number of hydrogen-bond acceptors (Lipinski definition) is 5. The van der Waals surface area contributed by atoms with Crippen LogP contribution >= 0.6 is 0 Å². The van der Waals surface area contributed by atoms with Crippen LogP contribution in [0.3, 0.4) is 0 Å². The highest BCUT2D eigenvalue weighted by atomic mass is 19.1. The fourth-order valence-electron chi connectivity index (χ4n) is 5.17. The molecule has 1 spiro atoms. The second-order valence-corrected chi connectivity index (χ2v) is 9.77. The molecule has 0 bridgehead atoms. The van der Waals surface area contributed by atoms with Gasteiger partial charge in [-0.2, -0.15) is 0 Å². The maximum atomic E-state index is 14.3. The molecule has 8 nitrogen and oxygen atoms in total. The standard InChI is InChI=1S/C29H28F2N4O4/c1-19-5-4-6-20(15-19)27(37)35-25(26(36)33-17-22-7-2-3-12-32-22)18-39-29(35)10-13-34(14-11-29)28(38)23-9-8-21(30)16-24(23)31/h2-9,12,15-16,25H,10-11,13-14,17-18H2,1H3,(H,33,36)/t25-/m1/s1. The Kier molecular flexibility index (Phi) is 7.38. The van der Waals surface area contributed by atoms with E-state index in [0.29, 0.717) is 17.3 Å². The first kappa shape index (κ1) is 26.4. The zero-order chi connectivity index (χ0) is 27.6. The highest BCUT2D eigenvalue weighted by Crippen LogP contribution is 2.39. The van der Waals surface area contributed by atoms with Crippen LogP contribution in [-0.4, -0.2) is 64.0 Å². The number of rotatable bonds is 5. The molecule has 1 aromatic heterocycles. The van der Waals surface area contributed by atoms with Crippen molar-refractivity contribution >= 4 is 17.7 Å². The minimum absolute atomic E-state index is 0.00779. The quantitative estimate of drug-likeness (QED) is 0.542. The molecule has 2 aliphatic heterocycles. The number of ether oxygens (including phenoxy) is 1. The van der Waals surface area contributed by atoms with Crippen LogP contribution < -0.4 is 5.32 Å². The van der Waals surface area contributed by atoms with Gasteiger partial charge in [0, 0.05) is 43.8 Å². The Hall–Kier alpha value is -4.18. The Labute approximate surface area is 224 Å². The molecule has 39 heavy (non-hydrogen) atoms. The van der Waals surface area contributed by atoms with E-state index in [1.807, 2.05) is 19.1 Å². The van der Waals surface area contributed by atoms with Gasteiger partial charge in [-0.3, -0.25) is 24.3 Å². The van der Waals surface area contributed by atoms with Crippen LogP contribution in [0.4, 0.5) is 8.78 Å². The largest absolute Gasteiger partial charge is 0.353 e. The van der Waals surface area contributed by atoms with E-state index in [1.54, 1.807) is 36.5 Å². The molecule has 2 saturated heterocycles. The molecule has 2 aromatic carbocycles. The molecule has 2 aliphatic rings. The number of benzene rings is 2. The molecule has 3 heterocycles. The summed E-state index contributed by atoms with van der Waals surface area (Å²) in [4.78, 5) is 47.3. The molecule has 3 aromatic rings. The minimum atomic E-state index is -1.12. The van der Waals surface area contributed by atoms with Crippen LogP contribution in [0.25, 0.3) is 0 Å². The minimum Gasteiger partial charge on any atom is -0.353 e. The molecule has 5 rings (SSSR count). The molecule has 10 heteroatoms. The average Bonchev–Trinajstić information content (AvgIpc) is 3.30. The summed E-state index contributed by atoms with van der Waals surface area (Å²) in [7, 11) is 0.